The molecule has 2 unspecified atom stereocenters. The Morgan fingerprint density at radius 1 is 1.24 bits per heavy atom. The number of thiazole rings is 1. The molecule has 5 rings (SSSR count). The molecule has 1 aromatic carbocycles. The third-order valence-electron chi connectivity index (χ3n) is 6.15. The van der Waals surface area contributed by atoms with Crippen molar-refractivity contribution in [3.63, 3.8) is 0 Å². The molecule has 1 fully saturated rings. The first-order chi connectivity index (χ1) is 12.0. The Morgan fingerprint density at radius 2 is 2.00 bits per heavy atom. The van der Waals surface area contributed by atoms with Crippen molar-refractivity contribution < 1.29 is 4.79 Å². The number of nitrogens with zero attached hydrogens (tertiary/aromatic N) is 3. The summed E-state index contributed by atoms with van der Waals surface area (Å²) in [6.45, 7) is 4.36. The van der Waals surface area contributed by atoms with E-state index in [2.05, 4.69) is 24.1 Å². The Bertz CT molecular complexity index is 998. The standard InChI is InChI=1S/C19H18N4OS/c1-18(2)11-7-8-19(18,16(24)23-17-20-9-10-25-17)15-14(11)21-12-5-3-4-6-13(12)22-15/h3-6,9-11H,7-8H2,1-2H3,(H,20,23,24). The number of fused-ring (bicyclic) bond motifs is 6. The fraction of sp³-hybridized carbons (Fsp3) is 0.368. The predicted octanol–water partition coefficient (Wildman–Crippen LogP) is 3.88. The van der Waals surface area contributed by atoms with Crippen LogP contribution in [0.25, 0.3) is 11.0 Å². The summed E-state index contributed by atoms with van der Waals surface area (Å²) in [5.41, 5.74) is 2.76. The topological polar surface area (TPSA) is 67.8 Å². The van der Waals surface area contributed by atoms with Crippen molar-refractivity contribution in [2.45, 2.75) is 38.0 Å². The normalized spacial score (nSPS) is 25.9. The van der Waals surface area contributed by atoms with Crippen molar-refractivity contribution in [2.75, 3.05) is 5.32 Å². The van der Waals surface area contributed by atoms with Gasteiger partial charge in [0.25, 0.3) is 0 Å². The van der Waals surface area contributed by atoms with E-state index < -0.39 is 5.41 Å². The van der Waals surface area contributed by atoms with Crippen molar-refractivity contribution >= 4 is 33.4 Å². The molecule has 3 aromatic rings. The van der Waals surface area contributed by atoms with Crippen LogP contribution in [-0.2, 0) is 10.2 Å². The van der Waals surface area contributed by atoms with Crippen LogP contribution in [0.2, 0.25) is 0 Å². The zero-order chi connectivity index (χ0) is 17.2. The number of anilines is 1. The molecule has 0 radical (unpaired) electrons. The van der Waals surface area contributed by atoms with Crippen LogP contribution in [0, 0.1) is 5.41 Å². The highest BCUT2D eigenvalue weighted by molar-refractivity contribution is 7.13. The Kier molecular flexibility index (Phi) is 2.90. The van der Waals surface area contributed by atoms with E-state index in [1.54, 1.807) is 6.20 Å². The highest BCUT2D eigenvalue weighted by Crippen LogP contribution is 2.67. The molecular formula is C19H18N4OS. The lowest BCUT2D eigenvalue weighted by Crippen LogP contribution is -2.46. The van der Waals surface area contributed by atoms with Gasteiger partial charge in [0.1, 0.15) is 0 Å². The van der Waals surface area contributed by atoms with E-state index in [4.69, 9.17) is 9.97 Å². The number of benzene rings is 1. The van der Waals surface area contributed by atoms with Crippen LogP contribution in [0.1, 0.15) is 44.0 Å². The van der Waals surface area contributed by atoms with E-state index in [-0.39, 0.29) is 17.2 Å². The number of carbonyl (C=O) groups excluding carboxylic acids is 1. The molecule has 0 spiro atoms. The second-order valence-corrected chi connectivity index (χ2v) is 8.35. The van der Waals surface area contributed by atoms with Crippen LogP contribution in [-0.4, -0.2) is 20.9 Å². The van der Waals surface area contributed by atoms with Crippen LogP contribution < -0.4 is 5.32 Å². The Balaban J connectivity index is 1.71. The third-order valence-corrected chi connectivity index (χ3v) is 6.84. The zero-order valence-electron chi connectivity index (χ0n) is 14.1. The molecule has 126 valence electrons. The molecule has 1 saturated carbocycles. The number of aromatic nitrogens is 3. The minimum atomic E-state index is -0.643. The second kappa shape index (κ2) is 4.85. The summed E-state index contributed by atoms with van der Waals surface area (Å²) in [7, 11) is 0. The molecular weight excluding hydrogens is 332 g/mol. The quantitative estimate of drug-likeness (QED) is 0.761. The lowest BCUT2D eigenvalue weighted by molar-refractivity contribution is -0.124. The van der Waals surface area contributed by atoms with E-state index in [1.165, 1.54) is 11.3 Å². The lowest BCUT2D eigenvalue weighted by atomic mass is 9.67. The van der Waals surface area contributed by atoms with Gasteiger partial charge in [-0.25, -0.2) is 15.0 Å². The summed E-state index contributed by atoms with van der Waals surface area (Å²) < 4.78 is 0. The van der Waals surface area contributed by atoms with Crippen LogP contribution in [0.3, 0.4) is 0 Å². The van der Waals surface area contributed by atoms with Crippen LogP contribution in [0.15, 0.2) is 35.8 Å². The fourth-order valence-electron chi connectivity index (χ4n) is 4.82. The smallest absolute Gasteiger partial charge is 0.239 e. The second-order valence-electron chi connectivity index (χ2n) is 7.46. The third kappa shape index (κ3) is 1.78. The van der Waals surface area contributed by atoms with Gasteiger partial charge in [0.2, 0.25) is 5.91 Å². The largest absolute Gasteiger partial charge is 0.301 e. The van der Waals surface area contributed by atoms with Gasteiger partial charge < -0.3 is 5.32 Å². The molecule has 6 heteroatoms. The van der Waals surface area contributed by atoms with Gasteiger partial charge in [0.15, 0.2) is 5.13 Å². The number of hydrogen-bond donors (Lipinski definition) is 1. The highest BCUT2D eigenvalue weighted by Gasteiger charge is 2.67. The van der Waals surface area contributed by atoms with E-state index >= 15 is 0 Å². The van der Waals surface area contributed by atoms with Gasteiger partial charge in [-0.3, -0.25) is 4.79 Å². The minimum Gasteiger partial charge on any atom is -0.301 e. The number of nitrogens with one attached hydrogen (secondary N) is 1. The molecule has 0 saturated heterocycles. The Labute approximate surface area is 149 Å². The molecule has 1 amide bonds. The SMILES string of the molecule is CC1(C)C2CCC1(C(=O)Nc1nccs1)c1nc3ccccc3nc12. The summed E-state index contributed by atoms with van der Waals surface area (Å²) in [5, 5.41) is 5.53. The average Bonchev–Trinajstić information content (AvgIpc) is 3.24. The van der Waals surface area contributed by atoms with Gasteiger partial charge in [0, 0.05) is 17.5 Å². The Hall–Kier alpha value is -2.34. The van der Waals surface area contributed by atoms with Gasteiger partial charge in [-0.05, 0) is 30.4 Å². The summed E-state index contributed by atoms with van der Waals surface area (Å²) in [5.74, 6) is 0.264. The first-order valence-electron chi connectivity index (χ1n) is 8.52. The Morgan fingerprint density at radius 3 is 2.72 bits per heavy atom. The van der Waals surface area contributed by atoms with Gasteiger partial charge >= 0.3 is 0 Å². The number of carbonyl (C=O) groups is 1. The molecule has 2 aliphatic carbocycles. The monoisotopic (exact) mass is 350 g/mol. The zero-order valence-corrected chi connectivity index (χ0v) is 14.9. The lowest BCUT2D eigenvalue weighted by Gasteiger charge is -2.35. The number of para-hydroxylation sites is 2. The van der Waals surface area contributed by atoms with Crippen molar-refractivity contribution in [3.8, 4) is 0 Å². The molecule has 2 aromatic heterocycles. The first-order valence-corrected chi connectivity index (χ1v) is 9.40. The van der Waals surface area contributed by atoms with E-state index in [0.717, 1.165) is 35.3 Å². The fourth-order valence-corrected chi connectivity index (χ4v) is 5.34. The van der Waals surface area contributed by atoms with E-state index in [1.807, 2.05) is 29.6 Å². The molecule has 25 heavy (non-hydrogen) atoms. The highest BCUT2D eigenvalue weighted by atomic mass is 32.1. The van der Waals surface area contributed by atoms with Gasteiger partial charge in [-0.2, -0.15) is 0 Å². The summed E-state index contributed by atoms with van der Waals surface area (Å²) in [6, 6.07) is 7.90. The predicted molar refractivity (Wildman–Crippen MR) is 97.7 cm³/mol. The van der Waals surface area contributed by atoms with E-state index in [9.17, 15) is 4.79 Å². The number of amides is 1. The molecule has 2 bridgehead atoms. The van der Waals surface area contributed by atoms with Gasteiger partial charge in [0.05, 0.1) is 27.8 Å². The molecule has 2 atom stereocenters. The maximum atomic E-state index is 13.4. The first kappa shape index (κ1) is 15.0. The van der Waals surface area contributed by atoms with E-state index in [0.29, 0.717) is 5.13 Å². The maximum Gasteiger partial charge on any atom is 0.239 e. The summed E-state index contributed by atoms with van der Waals surface area (Å²) >= 11 is 1.44. The van der Waals surface area contributed by atoms with Crippen LogP contribution >= 0.6 is 11.3 Å². The molecule has 2 aliphatic rings. The number of rotatable bonds is 2. The molecule has 2 heterocycles. The van der Waals surface area contributed by atoms with Crippen molar-refractivity contribution in [1.29, 1.82) is 0 Å². The molecule has 0 aliphatic heterocycles. The van der Waals surface area contributed by atoms with Gasteiger partial charge in [-0.15, -0.1) is 11.3 Å². The van der Waals surface area contributed by atoms with Crippen LogP contribution in [0.5, 0.6) is 0 Å². The minimum absolute atomic E-state index is 0.00159. The van der Waals surface area contributed by atoms with Crippen molar-refractivity contribution in [3.05, 3.63) is 47.2 Å². The van der Waals surface area contributed by atoms with Crippen molar-refractivity contribution in [1.82, 2.24) is 15.0 Å². The van der Waals surface area contributed by atoms with Crippen LogP contribution in [0.4, 0.5) is 5.13 Å². The molecule has 5 nitrogen and oxygen atoms in total. The number of hydrogen-bond acceptors (Lipinski definition) is 5. The summed E-state index contributed by atoms with van der Waals surface area (Å²) in [6.07, 6.45) is 3.48. The molecule has 1 N–H and O–H groups in total. The van der Waals surface area contributed by atoms with Gasteiger partial charge in [-0.1, -0.05) is 26.0 Å². The average molecular weight is 350 g/mol. The van der Waals surface area contributed by atoms with Crippen molar-refractivity contribution in [2.24, 2.45) is 5.41 Å². The summed E-state index contributed by atoms with van der Waals surface area (Å²) in [4.78, 5) is 27.4. The maximum absolute atomic E-state index is 13.4.